The first-order chi connectivity index (χ1) is 15.9. The van der Waals surface area contributed by atoms with Gasteiger partial charge in [-0.1, -0.05) is 18.2 Å². The quantitative estimate of drug-likeness (QED) is 0.202. The van der Waals surface area contributed by atoms with Crippen LogP contribution in [0.3, 0.4) is 0 Å². The van der Waals surface area contributed by atoms with Crippen molar-refractivity contribution < 1.29 is 24.4 Å². The van der Waals surface area contributed by atoms with Crippen LogP contribution in [0.1, 0.15) is 22.7 Å². The second-order valence-electron chi connectivity index (χ2n) is 7.34. The van der Waals surface area contributed by atoms with Crippen LogP contribution >= 0.6 is 0 Å². The molecule has 9 nitrogen and oxygen atoms in total. The van der Waals surface area contributed by atoms with Gasteiger partial charge in [0.25, 0.3) is 17.4 Å². The molecule has 1 fully saturated rings. The van der Waals surface area contributed by atoms with Gasteiger partial charge in [-0.15, -0.1) is 0 Å². The lowest BCUT2D eigenvalue weighted by Crippen LogP contribution is -2.29. The Bertz CT molecular complexity index is 1250. The van der Waals surface area contributed by atoms with E-state index in [2.05, 4.69) is 4.98 Å². The number of ether oxygens (including phenoxy) is 1. The first-order valence-corrected chi connectivity index (χ1v) is 9.97. The van der Waals surface area contributed by atoms with Crippen molar-refractivity contribution in [1.29, 1.82) is 0 Å². The van der Waals surface area contributed by atoms with Gasteiger partial charge in [0.2, 0.25) is 0 Å². The number of nitro groups is 1. The summed E-state index contributed by atoms with van der Waals surface area (Å²) in [6.07, 6.45) is 3.17. The number of para-hydroxylation sites is 1. The molecule has 3 aromatic rings. The Morgan fingerprint density at radius 3 is 2.48 bits per heavy atom. The van der Waals surface area contributed by atoms with Crippen LogP contribution in [0.25, 0.3) is 5.76 Å². The zero-order valence-corrected chi connectivity index (χ0v) is 17.5. The van der Waals surface area contributed by atoms with Gasteiger partial charge in [0, 0.05) is 31.1 Å². The van der Waals surface area contributed by atoms with Crippen molar-refractivity contribution in [1.82, 2.24) is 9.88 Å². The smallest absolute Gasteiger partial charge is 0.295 e. The molecule has 166 valence electrons. The van der Waals surface area contributed by atoms with Gasteiger partial charge in [0.1, 0.15) is 11.5 Å². The van der Waals surface area contributed by atoms with Crippen molar-refractivity contribution in [3.63, 3.8) is 0 Å². The third-order valence-corrected chi connectivity index (χ3v) is 5.40. The summed E-state index contributed by atoms with van der Waals surface area (Å²) in [7, 11) is 1.43. The van der Waals surface area contributed by atoms with Crippen LogP contribution in [0.4, 0.5) is 5.69 Å². The number of carbonyl (C=O) groups excluding carboxylic acids is 2. The number of ketones is 1. The van der Waals surface area contributed by atoms with Gasteiger partial charge in [-0.05, 0) is 41.5 Å². The average Bonchev–Trinajstić information content (AvgIpc) is 3.09. The molecule has 4 rings (SSSR count). The van der Waals surface area contributed by atoms with E-state index in [0.717, 1.165) is 0 Å². The van der Waals surface area contributed by atoms with Crippen LogP contribution in [0, 0.1) is 10.1 Å². The van der Waals surface area contributed by atoms with Crippen LogP contribution in [0.15, 0.2) is 78.6 Å². The van der Waals surface area contributed by atoms with E-state index in [1.807, 2.05) is 0 Å². The summed E-state index contributed by atoms with van der Waals surface area (Å²) in [5.41, 5.74) is 1.13. The highest BCUT2D eigenvalue weighted by Crippen LogP contribution is 2.41. The Labute approximate surface area is 188 Å². The number of amides is 1. The van der Waals surface area contributed by atoms with Gasteiger partial charge < -0.3 is 14.7 Å². The van der Waals surface area contributed by atoms with Crippen LogP contribution in [0.5, 0.6) is 5.75 Å². The zero-order valence-electron chi connectivity index (χ0n) is 17.5. The normalized spacial score (nSPS) is 17.2. The number of aliphatic hydroxyl groups is 1. The molecule has 33 heavy (non-hydrogen) atoms. The molecule has 0 radical (unpaired) electrons. The number of rotatable bonds is 6. The first-order valence-electron chi connectivity index (χ1n) is 9.97. The van der Waals surface area contributed by atoms with E-state index in [4.69, 9.17) is 4.74 Å². The molecule has 2 aromatic carbocycles. The van der Waals surface area contributed by atoms with Crippen molar-refractivity contribution in [2.24, 2.45) is 0 Å². The molecular weight excluding hydrogens is 426 g/mol. The maximum Gasteiger partial charge on any atom is 0.295 e. The number of nitro benzene ring substituents is 1. The van der Waals surface area contributed by atoms with Gasteiger partial charge in [-0.25, -0.2) is 0 Å². The molecule has 1 atom stereocenters. The summed E-state index contributed by atoms with van der Waals surface area (Å²) in [5, 5.41) is 22.2. The molecule has 2 heterocycles. The lowest BCUT2D eigenvalue weighted by atomic mass is 9.94. The number of aliphatic hydroxyl groups excluding tert-OH is 1. The molecule has 1 aliphatic heterocycles. The number of non-ortho nitro benzene ring substituents is 1. The minimum atomic E-state index is -0.962. The molecule has 0 spiro atoms. The molecule has 9 heteroatoms. The Balaban J connectivity index is 1.89. The average molecular weight is 445 g/mol. The van der Waals surface area contributed by atoms with E-state index in [1.54, 1.807) is 48.8 Å². The number of Topliss-reactive ketones (excluding diaryl/α,β-unsaturated/α-hetero) is 1. The number of carbonyl (C=O) groups is 2. The van der Waals surface area contributed by atoms with E-state index < -0.39 is 22.7 Å². The summed E-state index contributed by atoms with van der Waals surface area (Å²) >= 11 is 0. The summed E-state index contributed by atoms with van der Waals surface area (Å²) in [6, 6.07) is 14.6. The minimum Gasteiger partial charge on any atom is -0.507 e. The Morgan fingerprint density at radius 2 is 1.85 bits per heavy atom. The van der Waals surface area contributed by atoms with Gasteiger partial charge in [-0.3, -0.25) is 24.7 Å². The second-order valence-corrected chi connectivity index (χ2v) is 7.34. The molecule has 1 aromatic heterocycles. The van der Waals surface area contributed by atoms with E-state index >= 15 is 0 Å². The monoisotopic (exact) mass is 445 g/mol. The maximum absolute atomic E-state index is 13.1. The molecule has 0 saturated carbocycles. The Morgan fingerprint density at radius 1 is 1.12 bits per heavy atom. The molecule has 1 saturated heterocycles. The third kappa shape index (κ3) is 4.03. The number of aromatic nitrogens is 1. The SMILES string of the molecule is COc1ccccc1/C(O)=C1\C(=O)C(=O)N(Cc2cccnc2)C1c1ccc([N+](=O)[O-])cc1. The minimum absolute atomic E-state index is 0.0583. The fraction of sp³-hybridized carbons (Fsp3) is 0.125. The lowest BCUT2D eigenvalue weighted by molar-refractivity contribution is -0.384. The maximum atomic E-state index is 13.1. The largest absolute Gasteiger partial charge is 0.507 e. The molecule has 0 aliphatic carbocycles. The fourth-order valence-electron chi connectivity index (χ4n) is 3.84. The van der Waals surface area contributed by atoms with Gasteiger partial charge >= 0.3 is 0 Å². The van der Waals surface area contributed by atoms with Crippen LogP contribution in [0.2, 0.25) is 0 Å². The van der Waals surface area contributed by atoms with Crippen molar-refractivity contribution >= 4 is 23.1 Å². The van der Waals surface area contributed by atoms with E-state index in [9.17, 15) is 24.8 Å². The molecule has 1 amide bonds. The van der Waals surface area contributed by atoms with Crippen molar-refractivity contribution in [2.45, 2.75) is 12.6 Å². The predicted octanol–water partition coefficient (Wildman–Crippen LogP) is 3.62. The summed E-state index contributed by atoms with van der Waals surface area (Å²) < 4.78 is 5.31. The first kappa shape index (κ1) is 21.7. The third-order valence-electron chi connectivity index (χ3n) is 5.40. The van der Waals surface area contributed by atoms with E-state index in [-0.39, 0.29) is 29.1 Å². The van der Waals surface area contributed by atoms with Crippen LogP contribution in [-0.4, -0.2) is 38.7 Å². The van der Waals surface area contributed by atoms with Crippen LogP contribution in [-0.2, 0) is 16.1 Å². The zero-order chi connectivity index (χ0) is 23.5. The highest BCUT2D eigenvalue weighted by Gasteiger charge is 2.46. The van der Waals surface area contributed by atoms with Gasteiger partial charge in [0.05, 0.1) is 29.2 Å². The number of benzene rings is 2. The van der Waals surface area contributed by atoms with Crippen molar-refractivity contribution in [2.75, 3.05) is 7.11 Å². The predicted molar refractivity (Wildman–Crippen MR) is 118 cm³/mol. The fourth-order valence-corrected chi connectivity index (χ4v) is 3.84. The summed E-state index contributed by atoms with van der Waals surface area (Å²) in [5.74, 6) is -1.71. The van der Waals surface area contributed by atoms with E-state index in [1.165, 1.54) is 36.3 Å². The van der Waals surface area contributed by atoms with Crippen LogP contribution < -0.4 is 4.74 Å². The van der Waals surface area contributed by atoms with Crippen molar-refractivity contribution in [3.8, 4) is 5.75 Å². The number of methoxy groups -OCH3 is 1. The number of nitrogens with zero attached hydrogens (tertiary/aromatic N) is 3. The van der Waals surface area contributed by atoms with Gasteiger partial charge in [0.15, 0.2) is 0 Å². The molecule has 1 unspecified atom stereocenters. The molecule has 1 N–H and O–H groups in total. The number of hydrogen-bond donors (Lipinski definition) is 1. The molecular formula is C24H19N3O6. The second kappa shape index (κ2) is 8.91. The Hall–Kier alpha value is -4.53. The topological polar surface area (TPSA) is 123 Å². The van der Waals surface area contributed by atoms with Gasteiger partial charge in [-0.2, -0.15) is 0 Å². The molecule has 0 bridgehead atoms. The van der Waals surface area contributed by atoms with E-state index in [0.29, 0.717) is 16.9 Å². The summed E-state index contributed by atoms with van der Waals surface area (Å²) in [6.45, 7) is 0.0583. The summed E-state index contributed by atoms with van der Waals surface area (Å²) in [4.78, 5) is 42.1. The standard InChI is InChI=1S/C24H19N3O6/c1-33-19-7-3-2-6-18(19)22(28)20-21(16-8-10-17(11-9-16)27(31)32)26(24(30)23(20)29)14-15-5-4-12-25-13-15/h2-13,21,28H,14H2,1H3/b22-20+. The van der Waals surface area contributed by atoms with Crippen molar-refractivity contribution in [3.05, 3.63) is 105 Å². The lowest BCUT2D eigenvalue weighted by Gasteiger charge is -2.25. The highest BCUT2D eigenvalue weighted by molar-refractivity contribution is 6.46. The number of likely N-dealkylation sites (tertiary alicyclic amines) is 1. The number of hydrogen-bond acceptors (Lipinski definition) is 7. The Kier molecular flexibility index (Phi) is 5.86. The number of pyridine rings is 1. The molecule has 1 aliphatic rings. The highest BCUT2D eigenvalue weighted by atomic mass is 16.6.